The molecule has 0 fully saturated rings. The predicted molar refractivity (Wildman–Crippen MR) is 294 cm³/mol. The number of nitrogens with zero attached hydrogens (tertiary/aromatic N) is 1. The van der Waals surface area contributed by atoms with Crippen molar-refractivity contribution in [2.24, 2.45) is 0 Å². The zero-order valence-electron chi connectivity index (χ0n) is 45.2. The van der Waals surface area contributed by atoms with Crippen molar-refractivity contribution >= 4 is 16.6 Å². The number of unbranched alkanes of at least 4 members (excludes halogenated alkanes) is 16. The number of hydrogen-bond acceptors (Lipinski definition) is 4. The van der Waals surface area contributed by atoms with Crippen LogP contribution in [0.1, 0.15) is 207 Å². The van der Waals surface area contributed by atoms with Gasteiger partial charge in [-0.2, -0.15) is 0 Å². The standard InChI is InChI=1S/C60H103NO3Si2/c1-13-15-17-19-21-23-25-37-47-56(63-65(9,10)58(3,4)5)51-61(52-57(64-66(11,12)59(6,7)8)48-38-26-24-22-20-18-16-14-2)49-39-30-40-50-62-60(53-41-31-27-32-42-53,54-43-33-28-34-44-54)55-45-35-29-36-46-55/h27-29,31-36,41-46,56-57H,13-26,30,37-40,47-52H2,1-12H3. The Bertz CT molecular complexity index is 1480. The molecule has 6 heteroatoms. The van der Waals surface area contributed by atoms with Crippen LogP contribution in [0, 0.1) is 0 Å². The van der Waals surface area contributed by atoms with Gasteiger partial charge in [-0.05, 0) is 91.6 Å². The van der Waals surface area contributed by atoms with E-state index in [-0.39, 0.29) is 22.3 Å². The van der Waals surface area contributed by atoms with Crippen LogP contribution in [0.4, 0.5) is 0 Å². The van der Waals surface area contributed by atoms with Gasteiger partial charge in [-0.15, -0.1) is 0 Å². The van der Waals surface area contributed by atoms with Crippen LogP contribution in [-0.2, 0) is 19.2 Å². The first kappa shape index (κ1) is 58.2. The number of hydrogen-bond donors (Lipinski definition) is 0. The first-order chi connectivity index (χ1) is 31.5. The largest absolute Gasteiger partial charge is 0.413 e. The van der Waals surface area contributed by atoms with E-state index in [1.807, 2.05) is 0 Å². The third-order valence-electron chi connectivity index (χ3n) is 15.2. The summed E-state index contributed by atoms with van der Waals surface area (Å²) in [6.45, 7) is 32.6. The van der Waals surface area contributed by atoms with Crippen LogP contribution in [0.2, 0.25) is 36.3 Å². The first-order valence-electron chi connectivity index (χ1n) is 27.4. The maximum atomic E-state index is 7.44. The molecule has 3 aromatic carbocycles. The second kappa shape index (κ2) is 30.5. The Hall–Kier alpha value is -2.07. The molecule has 0 aliphatic heterocycles. The molecule has 0 bridgehead atoms. The molecule has 2 atom stereocenters. The minimum atomic E-state index is -1.99. The van der Waals surface area contributed by atoms with Gasteiger partial charge in [-0.1, -0.05) is 249 Å². The fourth-order valence-electron chi connectivity index (χ4n) is 9.01. The monoisotopic (exact) mass is 942 g/mol. The number of benzene rings is 3. The molecule has 0 aliphatic carbocycles. The normalized spacial score (nSPS) is 14.0. The lowest BCUT2D eigenvalue weighted by atomic mass is 9.80. The first-order valence-corrected chi connectivity index (χ1v) is 33.2. The van der Waals surface area contributed by atoms with Crippen molar-refractivity contribution < 1.29 is 13.6 Å². The average molecular weight is 943 g/mol. The maximum Gasteiger partial charge on any atom is 0.192 e. The van der Waals surface area contributed by atoms with E-state index < -0.39 is 22.2 Å². The van der Waals surface area contributed by atoms with Gasteiger partial charge in [0.05, 0.1) is 12.2 Å². The van der Waals surface area contributed by atoms with Crippen molar-refractivity contribution in [3.63, 3.8) is 0 Å². The highest BCUT2D eigenvalue weighted by Gasteiger charge is 2.41. The Morgan fingerprint density at radius 2 is 0.742 bits per heavy atom. The second-order valence-electron chi connectivity index (χ2n) is 23.0. The summed E-state index contributed by atoms with van der Waals surface area (Å²) in [6, 6.07) is 32.5. The fraction of sp³-hybridized carbons (Fsp3) is 0.700. The highest BCUT2D eigenvalue weighted by Crippen LogP contribution is 2.42. The lowest BCUT2D eigenvalue weighted by molar-refractivity contribution is 0.0100. The molecule has 2 unspecified atom stereocenters. The summed E-state index contributed by atoms with van der Waals surface area (Å²) in [5, 5.41) is 0.350. The van der Waals surface area contributed by atoms with Crippen molar-refractivity contribution in [3.8, 4) is 0 Å². The summed E-state index contributed by atoms with van der Waals surface area (Å²) in [5.41, 5.74) is 2.83. The second-order valence-corrected chi connectivity index (χ2v) is 32.5. The van der Waals surface area contributed by atoms with Crippen molar-refractivity contribution in [2.45, 2.75) is 244 Å². The summed E-state index contributed by atoms with van der Waals surface area (Å²) < 4.78 is 22.1. The Balaban J connectivity index is 1.85. The van der Waals surface area contributed by atoms with Gasteiger partial charge in [0.25, 0.3) is 0 Å². The smallest absolute Gasteiger partial charge is 0.192 e. The molecule has 0 saturated carbocycles. The summed E-state index contributed by atoms with van der Waals surface area (Å²) in [7, 11) is -3.98. The summed E-state index contributed by atoms with van der Waals surface area (Å²) >= 11 is 0. The molecule has 3 aromatic rings. The molecule has 0 amide bonds. The van der Waals surface area contributed by atoms with E-state index in [2.05, 4.69) is 177 Å². The van der Waals surface area contributed by atoms with E-state index in [1.54, 1.807) is 0 Å². The van der Waals surface area contributed by atoms with Gasteiger partial charge in [-0.25, -0.2) is 0 Å². The molecule has 0 saturated heterocycles. The van der Waals surface area contributed by atoms with Gasteiger partial charge in [0, 0.05) is 19.7 Å². The van der Waals surface area contributed by atoms with Gasteiger partial charge >= 0.3 is 0 Å². The maximum absolute atomic E-state index is 7.44. The van der Waals surface area contributed by atoms with Gasteiger partial charge in [-0.3, -0.25) is 4.90 Å². The molecule has 0 aromatic heterocycles. The molecule has 374 valence electrons. The van der Waals surface area contributed by atoms with Crippen LogP contribution in [0.5, 0.6) is 0 Å². The van der Waals surface area contributed by atoms with E-state index >= 15 is 0 Å². The van der Waals surface area contributed by atoms with Crippen molar-refractivity contribution in [1.29, 1.82) is 0 Å². The highest BCUT2D eigenvalue weighted by molar-refractivity contribution is 6.74. The lowest BCUT2D eigenvalue weighted by Gasteiger charge is -2.42. The molecule has 66 heavy (non-hydrogen) atoms. The van der Waals surface area contributed by atoms with Gasteiger partial charge < -0.3 is 13.6 Å². The molecular formula is C60H103NO3Si2. The van der Waals surface area contributed by atoms with Gasteiger partial charge in [0.1, 0.15) is 5.60 Å². The molecule has 0 spiro atoms. The van der Waals surface area contributed by atoms with Gasteiger partial charge in [0.15, 0.2) is 16.6 Å². The van der Waals surface area contributed by atoms with Crippen molar-refractivity contribution in [2.75, 3.05) is 26.2 Å². The zero-order chi connectivity index (χ0) is 48.4. The highest BCUT2D eigenvalue weighted by atomic mass is 28.4. The molecule has 0 aliphatic rings. The van der Waals surface area contributed by atoms with E-state index in [4.69, 9.17) is 13.6 Å². The van der Waals surface area contributed by atoms with Crippen LogP contribution in [0.3, 0.4) is 0 Å². The minimum Gasteiger partial charge on any atom is -0.413 e. The van der Waals surface area contributed by atoms with Crippen LogP contribution in [0.15, 0.2) is 91.0 Å². The topological polar surface area (TPSA) is 30.9 Å². The van der Waals surface area contributed by atoms with Crippen LogP contribution in [-0.4, -0.2) is 60.0 Å². The molecule has 3 rings (SSSR count). The number of ether oxygens (including phenoxy) is 1. The van der Waals surface area contributed by atoms with E-state index in [9.17, 15) is 0 Å². The zero-order valence-corrected chi connectivity index (χ0v) is 47.2. The summed E-state index contributed by atoms with van der Waals surface area (Å²) in [6.07, 6.45) is 27.6. The van der Waals surface area contributed by atoms with Crippen molar-refractivity contribution in [3.05, 3.63) is 108 Å². The summed E-state index contributed by atoms with van der Waals surface area (Å²) in [5.74, 6) is 0. The van der Waals surface area contributed by atoms with Crippen LogP contribution in [0.25, 0.3) is 0 Å². The molecule has 0 radical (unpaired) electrons. The van der Waals surface area contributed by atoms with Crippen molar-refractivity contribution in [1.82, 2.24) is 4.90 Å². The number of rotatable bonds is 36. The third kappa shape index (κ3) is 20.5. The SMILES string of the molecule is CCCCCCCCCCC(CN(CCCCCOC(c1ccccc1)(c1ccccc1)c1ccccc1)CC(CCCCCCCCCC)O[Si](C)(C)C(C)(C)C)O[Si](C)(C)C(C)(C)C. The quantitative estimate of drug-likeness (QED) is 0.0330. The van der Waals surface area contributed by atoms with Gasteiger partial charge in [0.2, 0.25) is 0 Å². The fourth-order valence-corrected chi connectivity index (χ4v) is 11.8. The van der Waals surface area contributed by atoms with E-state index in [0.717, 1.165) is 51.7 Å². The van der Waals surface area contributed by atoms with E-state index in [1.165, 1.54) is 119 Å². The molecule has 0 N–H and O–H groups in total. The lowest BCUT2D eigenvalue weighted by Crippen LogP contribution is -2.50. The van der Waals surface area contributed by atoms with Crippen LogP contribution >= 0.6 is 0 Å². The minimum absolute atomic E-state index is 0.175. The Kier molecular flexibility index (Phi) is 26.9. The molecule has 0 heterocycles. The Morgan fingerprint density at radius 3 is 1.08 bits per heavy atom. The Morgan fingerprint density at radius 1 is 0.424 bits per heavy atom. The molecule has 4 nitrogen and oxygen atoms in total. The Labute approximate surface area is 411 Å². The summed E-state index contributed by atoms with van der Waals surface area (Å²) in [4.78, 5) is 2.80. The van der Waals surface area contributed by atoms with Crippen LogP contribution < -0.4 is 0 Å². The van der Waals surface area contributed by atoms with E-state index in [0.29, 0.717) is 6.61 Å². The molecular weight excluding hydrogens is 839 g/mol. The average Bonchev–Trinajstić information content (AvgIpc) is 3.27. The third-order valence-corrected chi connectivity index (χ3v) is 24.3. The predicted octanol–water partition coefficient (Wildman–Crippen LogP) is 18.3.